The maximum atomic E-state index is 12.9. The van der Waals surface area contributed by atoms with Crippen LogP contribution in [0.2, 0.25) is 5.02 Å². The summed E-state index contributed by atoms with van der Waals surface area (Å²) in [5, 5.41) is 15.9. The van der Waals surface area contributed by atoms with Gasteiger partial charge in [-0.3, -0.25) is 19.7 Å². The van der Waals surface area contributed by atoms with Crippen molar-refractivity contribution in [2.24, 2.45) is 0 Å². The molecule has 0 unspecified atom stereocenters. The molecule has 162 valence electrons. The fourth-order valence-corrected chi connectivity index (χ4v) is 4.88. The quantitative estimate of drug-likeness (QED) is 0.137. The molecule has 0 spiro atoms. The number of thioether (sulfide) groups is 1. The van der Waals surface area contributed by atoms with E-state index in [4.69, 9.17) is 17.4 Å². The van der Waals surface area contributed by atoms with E-state index >= 15 is 0 Å². The molecule has 0 atom stereocenters. The number of nitro benzene ring substituents is 1. The van der Waals surface area contributed by atoms with E-state index in [0.717, 1.165) is 33.6 Å². The Morgan fingerprint density at radius 2 is 2.03 bits per heavy atom. The predicted octanol–water partition coefficient (Wildman–Crippen LogP) is 4.13. The van der Waals surface area contributed by atoms with Gasteiger partial charge in [-0.2, -0.15) is 0 Å². The number of nitro groups is 1. The maximum Gasteiger partial charge on any atom is 0.282 e. The minimum atomic E-state index is -0.580. The van der Waals surface area contributed by atoms with Gasteiger partial charge in [-0.25, -0.2) is 9.66 Å². The minimum Gasteiger partial charge on any atom is -0.334 e. The number of nitrogens with zero attached hydrogens (tertiary/aromatic N) is 3. The third-order valence-corrected chi connectivity index (χ3v) is 6.60. The zero-order valence-corrected chi connectivity index (χ0v) is 18.5. The Kier molecular flexibility index (Phi) is 6.12. The monoisotopic (exact) mass is 487 g/mol. The van der Waals surface area contributed by atoms with Crippen molar-refractivity contribution < 1.29 is 9.72 Å². The molecular weight excluding hydrogens is 474 g/mol. The molecule has 4 rings (SSSR count). The number of rotatable bonds is 6. The third kappa shape index (κ3) is 4.31. The largest absolute Gasteiger partial charge is 0.334 e. The number of nitrogens with two attached hydrogens (primary N) is 1. The van der Waals surface area contributed by atoms with Crippen molar-refractivity contribution in [3.8, 4) is 11.1 Å². The van der Waals surface area contributed by atoms with Crippen LogP contribution in [0.4, 0.5) is 11.4 Å². The number of carbonyl (C=O) groups excluding carboxylic acids is 1. The molecule has 2 heterocycles. The van der Waals surface area contributed by atoms with Crippen LogP contribution in [-0.2, 0) is 4.79 Å². The van der Waals surface area contributed by atoms with Crippen molar-refractivity contribution in [1.29, 1.82) is 0 Å². The van der Waals surface area contributed by atoms with Gasteiger partial charge < -0.3 is 11.2 Å². The summed E-state index contributed by atoms with van der Waals surface area (Å²) in [5.74, 6) is 5.44. The normalized spacial score (nSPS) is 10.9. The number of amides is 1. The van der Waals surface area contributed by atoms with Gasteiger partial charge in [0.2, 0.25) is 5.91 Å². The SMILES string of the molecule is Nn1c(SCC(=O)Nc2ccc([N+](=O)[O-])cc2Cl)nc2scc(-c3ccccc3)c2c1=O. The molecule has 0 saturated carbocycles. The summed E-state index contributed by atoms with van der Waals surface area (Å²) in [4.78, 5) is 40.4. The van der Waals surface area contributed by atoms with Gasteiger partial charge in [-0.15, -0.1) is 11.3 Å². The van der Waals surface area contributed by atoms with Crippen LogP contribution in [-0.4, -0.2) is 26.2 Å². The molecule has 4 aromatic rings. The number of nitrogen functional groups attached to an aromatic ring is 1. The number of benzene rings is 2. The average Bonchev–Trinajstić information content (AvgIpc) is 3.21. The Labute approximate surface area is 194 Å². The standard InChI is InChI=1S/C20H14ClN5O4S2/c21-14-8-12(26(29)30)6-7-15(14)23-16(27)10-32-20-24-18-17(19(28)25(20)22)13(9-31-18)11-4-2-1-3-5-11/h1-9H,10,22H2,(H,23,27). The first kappa shape index (κ1) is 21.8. The third-order valence-electron chi connectivity index (χ3n) is 4.46. The van der Waals surface area contributed by atoms with Crippen LogP contribution in [0.3, 0.4) is 0 Å². The number of halogens is 1. The lowest BCUT2D eigenvalue weighted by molar-refractivity contribution is -0.384. The predicted molar refractivity (Wildman–Crippen MR) is 127 cm³/mol. The molecule has 2 aromatic heterocycles. The molecule has 12 heteroatoms. The highest BCUT2D eigenvalue weighted by molar-refractivity contribution is 7.99. The van der Waals surface area contributed by atoms with Gasteiger partial charge in [0.05, 0.1) is 26.8 Å². The smallest absolute Gasteiger partial charge is 0.282 e. The molecule has 0 aliphatic heterocycles. The van der Waals surface area contributed by atoms with Crippen LogP contribution in [0.15, 0.2) is 63.9 Å². The van der Waals surface area contributed by atoms with E-state index < -0.39 is 16.4 Å². The highest BCUT2D eigenvalue weighted by Crippen LogP contribution is 2.32. The molecule has 32 heavy (non-hydrogen) atoms. The summed E-state index contributed by atoms with van der Waals surface area (Å²) in [6, 6.07) is 13.2. The number of fused-ring (bicyclic) bond motifs is 1. The summed E-state index contributed by atoms with van der Waals surface area (Å²) in [5.41, 5.74) is 1.29. The molecule has 0 radical (unpaired) electrons. The number of hydrogen-bond acceptors (Lipinski definition) is 8. The lowest BCUT2D eigenvalue weighted by Crippen LogP contribution is -2.30. The minimum absolute atomic E-state index is 0.0415. The molecule has 9 nitrogen and oxygen atoms in total. The zero-order valence-electron chi connectivity index (χ0n) is 16.1. The Morgan fingerprint density at radius 1 is 1.28 bits per heavy atom. The summed E-state index contributed by atoms with van der Waals surface area (Å²) in [7, 11) is 0. The molecule has 0 bridgehead atoms. The molecule has 0 fully saturated rings. The Balaban J connectivity index is 1.53. The van der Waals surface area contributed by atoms with Crippen molar-refractivity contribution in [3.63, 3.8) is 0 Å². The van der Waals surface area contributed by atoms with Crippen molar-refractivity contribution in [3.05, 3.63) is 79.4 Å². The van der Waals surface area contributed by atoms with Crippen LogP contribution in [0.1, 0.15) is 0 Å². The molecule has 0 aliphatic rings. The van der Waals surface area contributed by atoms with Gasteiger partial charge in [-0.05, 0) is 11.6 Å². The van der Waals surface area contributed by atoms with Gasteiger partial charge in [0.25, 0.3) is 11.2 Å². The first-order chi connectivity index (χ1) is 15.3. The summed E-state index contributed by atoms with van der Waals surface area (Å²) >= 11 is 8.31. The van der Waals surface area contributed by atoms with Crippen LogP contribution >= 0.6 is 34.7 Å². The fraction of sp³-hybridized carbons (Fsp3) is 0.0500. The second kappa shape index (κ2) is 8.99. The van der Waals surface area contributed by atoms with E-state index in [0.29, 0.717) is 10.2 Å². The lowest BCUT2D eigenvalue weighted by Gasteiger charge is -2.09. The molecule has 3 N–H and O–H groups in total. The molecule has 0 saturated heterocycles. The van der Waals surface area contributed by atoms with Crippen molar-refractivity contribution >= 4 is 62.2 Å². The highest BCUT2D eigenvalue weighted by Gasteiger charge is 2.17. The number of thiophene rings is 1. The van der Waals surface area contributed by atoms with Gasteiger partial charge >= 0.3 is 0 Å². The van der Waals surface area contributed by atoms with E-state index in [-0.39, 0.29) is 27.3 Å². The number of hydrogen-bond donors (Lipinski definition) is 2. The first-order valence-electron chi connectivity index (χ1n) is 9.06. The Morgan fingerprint density at radius 3 is 2.72 bits per heavy atom. The zero-order chi connectivity index (χ0) is 22.8. The molecule has 2 aromatic carbocycles. The van der Waals surface area contributed by atoms with E-state index in [1.165, 1.54) is 23.5 Å². The number of non-ortho nitro benzene ring substituents is 1. The molecular formula is C20H14ClN5O4S2. The molecule has 0 aliphatic carbocycles. The summed E-state index contributed by atoms with van der Waals surface area (Å²) in [6.45, 7) is 0. The number of anilines is 1. The van der Waals surface area contributed by atoms with Crippen molar-refractivity contribution in [1.82, 2.24) is 9.66 Å². The Bertz CT molecular complexity index is 1400. The van der Waals surface area contributed by atoms with Crippen LogP contribution in [0, 0.1) is 10.1 Å². The number of aromatic nitrogens is 2. The summed E-state index contributed by atoms with van der Waals surface area (Å²) in [6.07, 6.45) is 0. The highest BCUT2D eigenvalue weighted by atomic mass is 35.5. The van der Waals surface area contributed by atoms with Crippen LogP contribution < -0.4 is 16.7 Å². The van der Waals surface area contributed by atoms with Gasteiger partial charge in [0, 0.05) is 23.1 Å². The second-order valence-electron chi connectivity index (χ2n) is 6.52. The van der Waals surface area contributed by atoms with E-state index in [2.05, 4.69) is 10.3 Å². The Hall–Kier alpha value is -3.41. The lowest BCUT2D eigenvalue weighted by atomic mass is 10.1. The number of nitrogens with one attached hydrogen (secondary N) is 1. The average molecular weight is 488 g/mol. The van der Waals surface area contributed by atoms with Crippen molar-refractivity contribution in [2.45, 2.75) is 5.16 Å². The topological polar surface area (TPSA) is 133 Å². The molecule has 1 amide bonds. The maximum absolute atomic E-state index is 12.9. The van der Waals surface area contributed by atoms with E-state index in [9.17, 15) is 19.7 Å². The van der Waals surface area contributed by atoms with E-state index in [1.54, 1.807) is 0 Å². The van der Waals surface area contributed by atoms with Gasteiger partial charge in [0.15, 0.2) is 5.16 Å². The summed E-state index contributed by atoms with van der Waals surface area (Å²) < 4.78 is 0.929. The van der Waals surface area contributed by atoms with Crippen molar-refractivity contribution in [2.75, 3.05) is 16.9 Å². The van der Waals surface area contributed by atoms with Crippen LogP contribution in [0.25, 0.3) is 21.3 Å². The van der Waals surface area contributed by atoms with E-state index in [1.807, 2.05) is 35.7 Å². The first-order valence-corrected chi connectivity index (χ1v) is 11.3. The van der Waals surface area contributed by atoms with Crippen LogP contribution in [0.5, 0.6) is 0 Å². The number of carbonyl (C=O) groups is 1. The van der Waals surface area contributed by atoms with Gasteiger partial charge in [0.1, 0.15) is 4.83 Å². The van der Waals surface area contributed by atoms with Gasteiger partial charge in [-0.1, -0.05) is 53.7 Å². The second-order valence-corrected chi connectivity index (χ2v) is 8.73. The fourth-order valence-electron chi connectivity index (χ4n) is 2.95.